The Kier molecular flexibility index (Phi) is 3.54. The summed E-state index contributed by atoms with van der Waals surface area (Å²) in [5.74, 6) is -0.423. The Bertz CT molecular complexity index is 223. The number of rotatable bonds is 4. The van der Waals surface area contributed by atoms with Gasteiger partial charge in [-0.1, -0.05) is 0 Å². The Morgan fingerprint density at radius 1 is 1.25 bits per heavy atom. The van der Waals surface area contributed by atoms with Crippen molar-refractivity contribution in [3.8, 4) is 0 Å². The molecule has 1 aliphatic carbocycles. The summed E-state index contributed by atoms with van der Waals surface area (Å²) in [6.45, 7) is 6.23. The number of ether oxygens (including phenoxy) is 3. The molecular weight excluding hydrogens is 206 g/mol. The second-order valence-electron chi connectivity index (χ2n) is 5.34. The van der Waals surface area contributed by atoms with Crippen LogP contribution in [0, 0.1) is 0 Å². The Balaban J connectivity index is 1.71. The molecule has 2 fully saturated rings. The Morgan fingerprint density at radius 2 is 1.88 bits per heavy atom. The van der Waals surface area contributed by atoms with Crippen molar-refractivity contribution < 1.29 is 14.2 Å². The van der Waals surface area contributed by atoms with E-state index in [1.807, 2.05) is 13.8 Å². The molecule has 4 heteroatoms. The highest BCUT2D eigenvalue weighted by molar-refractivity contribution is 4.92. The van der Waals surface area contributed by atoms with Gasteiger partial charge in [0.1, 0.15) is 0 Å². The van der Waals surface area contributed by atoms with E-state index in [4.69, 9.17) is 14.2 Å². The summed E-state index contributed by atoms with van der Waals surface area (Å²) >= 11 is 0. The van der Waals surface area contributed by atoms with Gasteiger partial charge < -0.3 is 19.5 Å². The van der Waals surface area contributed by atoms with Gasteiger partial charge >= 0.3 is 0 Å². The lowest BCUT2D eigenvalue weighted by Crippen LogP contribution is -2.55. The maximum Gasteiger partial charge on any atom is 0.162 e. The van der Waals surface area contributed by atoms with Crippen LogP contribution in [0.2, 0.25) is 0 Å². The summed E-state index contributed by atoms with van der Waals surface area (Å²) < 4.78 is 16.8. The van der Waals surface area contributed by atoms with Gasteiger partial charge in [-0.05, 0) is 33.1 Å². The maximum absolute atomic E-state index is 5.60. The van der Waals surface area contributed by atoms with Crippen molar-refractivity contribution in [3.05, 3.63) is 0 Å². The van der Waals surface area contributed by atoms with E-state index in [1.54, 1.807) is 7.11 Å². The average Bonchev–Trinajstić information content (AvgIpc) is 2.19. The molecule has 4 nitrogen and oxygen atoms in total. The molecule has 0 unspecified atom stereocenters. The van der Waals surface area contributed by atoms with E-state index < -0.39 is 5.79 Å². The van der Waals surface area contributed by atoms with Crippen molar-refractivity contribution in [2.24, 2.45) is 0 Å². The Labute approximate surface area is 97.6 Å². The zero-order valence-electron chi connectivity index (χ0n) is 10.5. The van der Waals surface area contributed by atoms with Crippen LogP contribution in [0.4, 0.5) is 0 Å². The fourth-order valence-corrected chi connectivity index (χ4v) is 2.16. The molecule has 1 N–H and O–H groups in total. The number of hydrogen-bond donors (Lipinski definition) is 1. The van der Waals surface area contributed by atoms with Crippen LogP contribution in [0.15, 0.2) is 0 Å². The van der Waals surface area contributed by atoms with E-state index in [-0.39, 0.29) is 5.60 Å². The van der Waals surface area contributed by atoms with E-state index in [0.29, 0.717) is 19.3 Å². The molecule has 0 spiro atoms. The fourth-order valence-electron chi connectivity index (χ4n) is 2.16. The van der Waals surface area contributed by atoms with E-state index in [2.05, 4.69) is 5.32 Å². The van der Waals surface area contributed by atoms with Gasteiger partial charge in [-0.2, -0.15) is 0 Å². The zero-order valence-corrected chi connectivity index (χ0v) is 10.5. The van der Waals surface area contributed by atoms with Gasteiger partial charge in [0.05, 0.1) is 24.9 Å². The smallest absolute Gasteiger partial charge is 0.162 e. The summed E-state index contributed by atoms with van der Waals surface area (Å²) in [5.41, 5.74) is 0.0764. The van der Waals surface area contributed by atoms with Crippen molar-refractivity contribution in [1.29, 1.82) is 0 Å². The third-order valence-corrected chi connectivity index (χ3v) is 3.67. The highest BCUT2D eigenvalue weighted by atomic mass is 16.7. The largest absolute Gasteiger partial charge is 0.377 e. The number of methoxy groups -OCH3 is 1. The van der Waals surface area contributed by atoms with Gasteiger partial charge in [0.2, 0.25) is 0 Å². The molecule has 0 aromatic rings. The predicted molar refractivity (Wildman–Crippen MR) is 61.4 cm³/mol. The summed E-state index contributed by atoms with van der Waals surface area (Å²) in [4.78, 5) is 0. The molecule has 2 aliphatic rings. The summed E-state index contributed by atoms with van der Waals surface area (Å²) in [5, 5.41) is 3.48. The first-order valence-electron chi connectivity index (χ1n) is 6.12. The Hall–Kier alpha value is -0.160. The molecule has 1 aliphatic heterocycles. The van der Waals surface area contributed by atoms with E-state index in [9.17, 15) is 0 Å². The lowest BCUT2D eigenvalue weighted by atomic mass is 9.80. The zero-order chi connectivity index (χ0) is 11.6. The van der Waals surface area contributed by atoms with Crippen molar-refractivity contribution in [3.63, 3.8) is 0 Å². The highest BCUT2D eigenvalue weighted by Crippen LogP contribution is 2.34. The fraction of sp³-hybridized carbons (Fsp3) is 1.00. The quantitative estimate of drug-likeness (QED) is 0.788. The van der Waals surface area contributed by atoms with E-state index >= 15 is 0 Å². The predicted octanol–water partition coefficient (Wildman–Crippen LogP) is 1.30. The number of hydrogen-bond acceptors (Lipinski definition) is 4. The first-order chi connectivity index (χ1) is 7.55. The van der Waals surface area contributed by atoms with Crippen LogP contribution in [0.5, 0.6) is 0 Å². The van der Waals surface area contributed by atoms with Crippen LogP contribution in [0.25, 0.3) is 0 Å². The first-order valence-corrected chi connectivity index (χ1v) is 6.12. The molecule has 1 saturated heterocycles. The van der Waals surface area contributed by atoms with Gasteiger partial charge in [-0.25, -0.2) is 0 Å². The third-order valence-electron chi connectivity index (χ3n) is 3.67. The molecular formula is C12H23NO3. The topological polar surface area (TPSA) is 39.7 Å². The summed E-state index contributed by atoms with van der Waals surface area (Å²) in [7, 11) is 1.80. The molecule has 0 amide bonds. The van der Waals surface area contributed by atoms with Crippen molar-refractivity contribution in [1.82, 2.24) is 5.32 Å². The molecule has 94 valence electrons. The van der Waals surface area contributed by atoms with Crippen LogP contribution in [0.1, 0.15) is 33.1 Å². The van der Waals surface area contributed by atoms with Crippen LogP contribution in [0.3, 0.4) is 0 Å². The molecule has 0 bridgehead atoms. The van der Waals surface area contributed by atoms with Gasteiger partial charge in [-0.3, -0.25) is 0 Å². The molecule has 0 radical (unpaired) electrons. The molecule has 0 aromatic heterocycles. The van der Waals surface area contributed by atoms with Crippen LogP contribution < -0.4 is 5.32 Å². The van der Waals surface area contributed by atoms with Gasteiger partial charge in [-0.15, -0.1) is 0 Å². The van der Waals surface area contributed by atoms with Crippen molar-refractivity contribution >= 4 is 0 Å². The number of nitrogens with one attached hydrogen (secondary N) is 1. The van der Waals surface area contributed by atoms with Crippen LogP contribution in [-0.2, 0) is 14.2 Å². The second-order valence-corrected chi connectivity index (χ2v) is 5.34. The summed E-state index contributed by atoms with van der Waals surface area (Å²) in [6, 6.07) is 0.292. The lowest BCUT2D eigenvalue weighted by molar-refractivity contribution is -0.253. The molecule has 2 rings (SSSR count). The average molecular weight is 229 g/mol. The van der Waals surface area contributed by atoms with E-state index in [0.717, 1.165) is 19.4 Å². The molecule has 0 atom stereocenters. The van der Waals surface area contributed by atoms with E-state index in [1.165, 1.54) is 6.42 Å². The summed E-state index contributed by atoms with van der Waals surface area (Å²) in [6.07, 6.45) is 3.60. The van der Waals surface area contributed by atoms with Crippen LogP contribution >= 0.6 is 0 Å². The highest BCUT2D eigenvalue weighted by Gasteiger charge is 2.38. The molecule has 0 aromatic carbocycles. The monoisotopic (exact) mass is 229 g/mol. The minimum atomic E-state index is -0.423. The third kappa shape index (κ3) is 2.74. The normalized spacial score (nSPS) is 28.7. The van der Waals surface area contributed by atoms with Gasteiger partial charge in [0, 0.05) is 13.7 Å². The SMILES string of the molecule is COC1(CNC2COC(C)(C)OC2)CCC1. The van der Waals surface area contributed by atoms with Crippen molar-refractivity contribution in [2.45, 2.75) is 50.5 Å². The molecule has 16 heavy (non-hydrogen) atoms. The standard InChI is InChI=1S/C12H23NO3/c1-11(2)15-7-10(8-16-11)13-9-12(14-3)5-4-6-12/h10,13H,4-9H2,1-3H3. The molecule has 1 heterocycles. The molecule has 1 saturated carbocycles. The Morgan fingerprint density at radius 3 is 2.31 bits per heavy atom. The second kappa shape index (κ2) is 4.61. The minimum Gasteiger partial charge on any atom is -0.377 e. The van der Waals surface area contributed by atoms with Crippen LogP contribution in [-0.4, -0.2) is 44.3 Å². The maximum atomic E-state index is 5.60. The first kappa shape index (κ1) is 12.3. The lowest BCUT2D eigenvalue weighted by Gasteiger charge is -2.42. The van der Waals surface area contributed by atoms with Gasteiger partial charge in [0.25, 0.3) is 0 Å². The van der Waals surface area contributed by atoms with Gasteiger partial charge in [0.15, 0.2) is 5.79 Å². The minimum absolute atomic E-state index is 0.0764. The van der Waals surface area contributed by atoms with Crippen molar-refractivity contribution in [2.75, 3.05) is 26.9 Å².